The van der Waals surface area contributed by atoms with Crippen molar-refractivity contribution in [3.05, 3.63) is 41.7 Å². The molecule has 0 heterocycles. The Morgan fingerprint density at radius 3 is 2.81 bits per heavy atom. The Kier molecular flexibility index (Phi) is 10.3. The summed E-state index contributed by atoms with van der Waals surface area (Å²) in [6.07, 6.45) is 18.6. The number of rotatable bonds is 11. The van der Waals surface area contributed by atoms with Crippen molar-refractivity contribution in [1.29, 1.82) is 0 Å². The number of aliphatic hydroxyl groups is 2. The van der Waals surface area contributed by atoms with Crippen LogP contribution in [0.25, 0.3) is 0 Å². The van der Waals surface area contributed by atoms with Gasteiger partial charge in [0.05, 0.1) is 7.11 Å². The van der Waals surface area contributed by atoms with E-state index in [-0.39, 0.29) is 6.42 Å². The summed E-state index contributed by atoms with van der Waals surface area (Å²) in [7, 11) is 1.12. The summed E-state index contributed by atoms with van der Waals surface area (Å²) in [6.45, 7) is 4.21. The fourth-order valence-corrected chi connectivity index (χ4v) is 3.17. The van der Waals surface area contributed by atoms with E-state index in [4.69, 9.17) is 0 Å². The third-order valence-corrected chi connectivity index (χ3v) is 4.74. The first-order valence-electron chi connectivity index (χ1n) is 9.67. The standard InChI is InChI=1S/C22H34O4/c1-4-5-6-7-8-9-13-19-14-10-15-20(19)17-18(2)12-11-16-22(24,25)21(23)26-3/h9-11,13-14,19-20,24-25H,4-8,15-17H2,1-3H3/t12?,19-,20+/m0/s1. The lowest BCUT2D eigenvalue weighted by atomic mass is 9.89. The zero-order chi connectivity index (χ0) is 19.4. The molecule has 2 N–H and O–H groups in total. The summed E-state index contributed by atoms with van der Waals surface area (Å²) in [5.74, 6) is -2.56. The molecule has 0 spiro atoms. The molecule has 0 aliphatic heterocycles. The van der Waals surface area contributed by atoms with Crippen molar-refractivity contribution in [3.63, 3.8) is 0 Å². The summed E-state index contributed by atoms with van der Waals surface area (Å²) in [5, 5.41) is 19.2. The Labute approximate surface area is 158 Å². The van der Waals surface area contributed by atoms with Crippen LogP contribution < -0.4 is 0 Å². The number of carbonyl (C=O) groups is 1. The molecule has 0 bridgehead atoms. The van der Waals surface area contributed by atoms with Gasteiger partial charge in [0.15, 0.2) is 0 Å². The van der Waals surface area contributed by atoms with E-state index in [9.17, 15) is 15.0 Å². The molecule has 1 aliphatic carbocycles. The molecule has 1 rings (SSSR count). The smallest absolute Gasteiger partial charge is 0.366 e. The summed E-state index contributed by atoms with van der Waals surface area (Å²) < 4.78 is 4.35. The Morgan fingerprint density at radius 1 is 1.35 bits per heavy atom. The maximum Gasteiger partial charge on any atom is 0.366 e. The lowest BCUT2D eigenvalue weighted by Gasteiger charge is -2.16. The molecule has 4 heteroatoms. The van der Waals surface area contributed by atoms with Crippen LogP contribution in [0.4, 0.5) is 0 Å². The fraction of sp³-hybridized carbons (Fsp3) is 0.636. The van der Waals surface area contributed by atoms with E-state index < -0.39 is 11.8 Å². The maximum atomic E-state index is 11.2. The summed E-state index contributed by atoms with van der Waals surface area (Å²) in [5.41, 5.74) is 4.11. The van der Waals surface area contributed by atoms with Gasteiger partial charge < -0.3 is 14.9 Å². The molecule has 0 fully saturated rings. The van der Waals surface area contributed by atoms with Gasteiger partial charge in [0.2, 0.25) is 0 Å². The van der Waals surface area contributed by atoms with Crippen molar-refractivity contribution in [1.82, 2.24) is 0 Å². The monoisotopic (exact) mass is 362 g/mol. The minimum Gasteiger partial charge on any atom is -0.465 e. The van der Waals surface area contributed by atoms with Gasteiger partial charge in [-0.25, -0.2) is 4.79 Å². The second kappa shape index (κ2) is 11.9. The van der Waals surface area contributed by atoms with Gasteiger partial charge in [-0.2, -0.15) is 0 Å². The van der Waals surface area contributed by atoms with Crippen molar-refractivity contribution in [2.45, 2.75) is 71.0 Å². The zero-order valence-corrected chi connectivity index (χ0v) is 16.4. The second-order valence-electron chi connectivity index (χ2n) is 7.12. The highest BCUT2D eigenvalue weighted by atomic mass is 16.6. The summed E-state index contributed by atoms with van der Waals surface area (Å²) in [4.78, 5) is 11.2. The zero-order valence-electron chi connectivity index (χ0n) is 16.4. The molecular weight excluding hydrogens is 328 g/mol. The van der Waals surface area contributed by atoms with Crippen LogP contribution in [0.3, 0.4) is 0 Å². The third-order valence-electron chi connectivity index (χ3n) is 4.74. The predicted octanol–water partition coefficient (Wildman–Crippen LogP) is 4.44. The highest BCUT2D eigenvalue weighted by Crippen LogP contribution is 2.31. The van der Waals surface area contributed by atoms with Gasteiger partial charge in [0.25, 0.3) is 5.79 Å². The average Bonchev–Trinajstić information content (AvgIpc) is 3.03. The Balaban J connectivity index is 2.49. The van der Waals surface area contributed by atoms with Gasteiger partial charge in [-0.05, 0) is 56.1 Å². The van der Waals surface area contributed by atoms with Gasteiger partial charge in [-0.3, -0.25) is 0 Å². The number of hydrogen-bond donors (Lipinski definition) is 2. The molecule has 0 saturated carbocycles. The van der Waals surface area contributed by atoms with Crippen LogP contribution in [0, 0.1) is 11.8 Å². The van der Waals surface area contributed by atoms with Gasteiger partial charge >= 0.3 is 5.97 Å². The molecule has 0 unspecified atom stereocenters. The Morgan fingerprint density at radius 2 is 2.12 bits per heavy atom. The van der Waals surface area contributed by atoms with Crippen molar-refractivity contribution in [2.75, 3.05) is 7.11 Å². The van der Waals surface area contributed by atoms with Crippen molar-refractivity contribution < 1.29 is 19.7 Å². The molecule has 4 nitrogen and oxygen atoms in total. The average molecular weight is 363 g/mol. The third kappa shape index (κ3) is 8.18. The lowest BCUT2D eigenvalue weighted by molar-refractivity contribution is -0.205. The number of unbranched alkanes of at least 4 members (excludes halogenated alkanes) is 4. The molecule has 146 valence electrons. The Bertz CT molecular complexity index is 550. The molecule has 26 heavy (non-hydrogen) atoms. The van der Waals surface area contributed by atoms with Crippen molar-refractivity contribution in [3.8, 4) is 0 Å². The van der Waals surface area contributed by atoms with Gasteiger partial charge in [-0.15, -0.1) is 5.73 Å². The van der Waals surface area contributed by atoms with Crippen LogP contribution >= 0.6 is 0 Å². The van der Waals surface area contributed by atoms with Gasteiger partial charge in [0, 0.05) is 6.42 Å². The number of carbonyl (C=O) groups excluding carboxylic acids is 1. The van der Waals surface area contributed by atoms with Gasteiger partial charge in [0.1, 0.15) is 0 Å². The van der Waals surface area contributed by atoms with E-state index in [1.807, 2.05) is 6.92 Å². The summed E-state index contributed by atoms with van der Waals surface area (Å²) in [6, 6.07) is 0. The van der Waals surface area contributed by atoms with E-state index in [1.54, 1.807) is 0 Å². The van der Waals surface area contributed by atoms with Crippen LogP contribution in [0.15, 0.2) is 41.7 Å². The first-order valence-corrected chi connectivity index (χ1v) is 9.67. The van der Waals surface area contributed by atoms with Crippen molar-refractivity contribution in [2.24, 2.45) is 11.8 Å². The quantitative estimate of drug-likeness (QED) is 0.187. The predicted molar refractivity (Wildman–Crippen MR) is 104 cm³/mol. The first-order chi connectivity index (χ1) is 12.4. The number of esters is 1. The number of ether oxygens (including phenoxy) is 1. The highest BCUT2D eigenvalue weighted by Gasteiger charge is 2.33. The number of hydrogen-bond acceptors (Lipinski definition) is 4. The Hall–Kier alpha value is -1.61. The van der Waals surface area contributed by atoms with Crippen LogP contribution in [0.2, 0.25) is 0 Å². The molecule has 0 saturated heterocycles. The molecule has 2 atom stereocenters. The van der Waals surface area contributed by atoms with E-state index in [0.29, 0.717) is 11.8 Å². The van der Waals surface area contributed by atoms with Crippen LogP contribution in [-0.2, 0) is 9.53 Å². The van der Waals surface area contributed by atoms with E-state index in [0.717, 1.165) is 31.9 Å². The topological polar surface area (TPSA) is 66.8 Å². The van der Waals surface area contributed by atoms with Gasteiger partial charge in [-0.1, -0.05) is 50.5 Å². The molecule has 0 aromatic carbocycles. The SMILES string of the molecule is CCCCCCC=C[C@H]1C=CC[C@@H]1CC(C)=C=CCC(O)(O)C(=O)OC. The molecule has 1 aliphatic rings. The normalized spacial score (nSPS) is 19.6. The first kappa shape index (κ1) is 22.4. The largest absolute Gasteiger partial charge is 0.465 e. The second-order valence-corrected chi connectivity index (χ2v) is 7.12. The minimum absolute atomic E-state index is 0.235. The number of allylic oxidation sites excluding steroid dienone is 4. The molecule has 0 amide bonds. The van der Waals surface area contributed by atoms with E-state index in [1.165, 1.54) is 31.8 Å². The molecule has 0 radical (unpaired) electrons. The number of methoxy groups -OCH3 is 1. The van der Waals surface area contributed by atoms with Crippen LogP contribution in [0.5, 0.6) is 0 Å². The molecule has 0 aromatic heterocycles. The molecular formula is C22H34O4. The van der Waals surface area contributed by atoms with Crippen molar-refractivity contribution >= 4 is 5.97 Å². The molecule has 0 aromatic rings. The van der Waals surface area contributed by atoms with E-state index >= 15 is 0 Å². The fourth-order valence-electron chi connectivity index (χ4n) is 3.17. The van der Waals surface area contributed by atoms with E-state index in [2.05, 4.69) is 41.7 Å². The highest BCUT2D eigenvalue weighted by molar-refractivity contribution is 5.77. The van der Waals surface area contributed by atoms with Crippen LogP contribution in [0.1, 0.15) is 65.2 Å². The maximum absolute atomic E-state index is 11.2. The summed E-state index contributed by atoms with van der Waals surface area (Å²) >= 11 is 0. The van der Waals surface area contributed by atoms with Crippen LogP contribution in [-0.4, -0.2) is 29.1 Å². The minimum atomic E-state index is -2.49. The lowest BCUT2D eigenvalue weighted by Crippen LogP contribution is -2.38.